The summed E-state index contributed by atoms with van der Waals surface area (Å²) >= 11 is 4.48. The topological polar surface area (TPSA) is 83.5 Å². The van der Waals surface area contributed by atoms with Gasteiger partial charge in [0.2, 0.25) is 10.0 Å². The molecular weight excluding hydrogens is 326 g/mol. The van der Waals surface area contributed by atoms with E-state index >= 15 is 0 Å². The molecular formula is C10H13NO4S4. The highest BCUT2D eigenvalue weighted by Gasteiger charge is 2.25. The van der Waals surface area contributed by atoms with Gasteiger partial charge in [-0.3, -0.25) is 0 Å². The molecule has 0 aliphatic carbocycles. The average molecular weight is 339 g/mol. The summed E-state index contributed by atoms with van der Waals surface area (Å²) in [5, 5.41) is 10.7. The van der Waals surface area contributed by atoms with E-state index in [2.05, 4.69) is 4.72 Å². The normalized spacial score (nSPS) is 20.3. The van der Waals surface area contributed by atoms with E-state index in [1.54, 1.807) is 11.8 Å². The number of rotatable bonds is 5. The third-order valence-electron chi connectivity index (χ3n) is 2.50. The molecule has 1 aromatic rings. The minimum absolute atomic E-state index is 0.140. The van der Waals surface area contributed by atoms with Crippen molar-refractivity contribution in [1.82, 2.24) is 4.72 Å². The van der Waals surface area contributed by atoms with E-state index in [4.69, 9.17) is 5.11 Å². The fraction of sp³-hybridized carbons (Fsp3) is 0.500. The number of carboxylic acid groups (broad SMARTS) is 1. The van der Waals surface area contributed by atoms with Gasteiger partial charge < -0.3 is 5.11 Å². The molecule has 1 saturated heterocycles. The lowest BCUT2D eigenvalue weighted by atomic mass is 10.5. The molecule has 2 N–H and O–H groups in total. The van der Waals surface area contributed by atoms with Crippen molar-refractivity contribution < 1.29 is 18.3 Å². The Morgan fingerprint density at radius 1 is 1.47 bits per heavy atom. The Balaban J connectivity index is 2.05. The first-order valence-electron chi connectivity index (χ1n) is 5.50. The van der Waals surface area contributed by atoms with Gasteiger partial charge in [-0.1, -0.05) is 0 Å². The zero-order valence-corrected chi connectivity index (χ0v) is 13.1. The quantitative estimate of drug-likeness (QED) is 0.847. The summed E-state index contributed by atoms with van der Waals surface area (Å²) in [6.07, 6.45) is 0. The molecule has 5 nitrogen and oxygen atoms in total. The molecule has 2 rings (SSSR count). The van der Waals surface area contributed by atoms with Gasteiger partial charge in [0.25, 0.3) is 0 Å². The number of aromatic carboxylic acids is 1. The lowest BCUT2D eigenvalue weighted by Gasteiger charge is -2.21. The highest BCUT2D eigenvalue weighted by molar-refractivity contribution is 8.06. The molecule has 1 unspecified atom stereocenters. The highest BCUT2D eigenvalue weighted by Crippen LogP contribution is 2.25. The molecule has 0 spiro atoms. The number of carbonyl (C=O) groups is 1. The summed E-state index contributed by atoms with van der Waals surface area (Å²) in [6, 6.07) is 1.33. The second-order valence-electron chi connectivity index (χ2n) is 3.84. The maximum atomic E-state index is 12.1. The third-order valence-corrected chi connectivity index (χ3v) is 7.84. The maximum Gasteiger partial charge on any atom is 0.347 e. The molecule has 0 amide bonds. The van der Waals surface area contributed by atoms with Crippen LogP contribution in [0.1, 0.15) is 9.67 Å². The first-order chi connectivity index (χ1) is 9.00. The van der Waals surface area contributed by atoms with Crippen molar-refractivity contribution in [3.05, 3.63) is 16.3 Å². The summed E-state index contributed by atoms with van der Waals surface area (Å²) in [6.45, 7) is 0.342. The SMILES string of the molecule is O=C(O)c1sccc1S(=O)(=O)NCC1CSCCS1. The molecule has 9 heteroatoms. The van der Waals surface area contributed by atoms with Crippen molar-refractivity contribution in [2.24, 2.45) is 0 Å². The van der Waals surface area contributed by atoms with Crippen LogP contribution in [0.4, 0.5) is 0 Å². The molecule has 106 valence electrons. The van der Waals surface area contributed by atoms with Gasteiger partial charge in [-0.15, -0.1) is 11.3 Å². The molecule has 1 aromatic heterocycles. The molecule has 19 heavy (non-hydrogen) atoms. The van der Waals surface area contributed by atoms with E-state index in [1.807, 2.05) is 11.8 Å². The van der Waals surface area contributed by atoms with Crippen molar-refractivity contribution in [1.29, 1.82) is 0 Å². The predicted molar refractivity (Wildman–Crippen MR) is 80.0 cm³/mol. The van der Waals surface area contributed by atoms with E-state index in [1.165, 1.54) is 11.4 Å². The van der Waals surface area contributed by atoms with Crippen molar-refractivity contribution >= 4 is 50.9 Å². The van der Waals surface area contributed by atoms with Crippen LogP contribution in [0.25, 0.3) is 0 Å². The Kier molecular flexibility index (Phi) is 5.18. The maximum absolute atomic E-state index is 12.1. The minimum atomic E-state index is -3.74. The number of thiophene rings is 1. The van der Waals surface area contributed by atoms with Gasteiger partial charge in [0.15, 0.2) is 0 Å². The number of nitrogens with one attached hydrogen (secondary N) is 1. The fourth-order valence-electron chi connectivity index (χ4n) is 1.60. The molecule has 1 atom stereocenters. The minimum Gasteiger partial charge on any atom is -0.477 e. The first kappa shape index (κ1) is 15.2. The van der Waals surface area contributed by atoms with E-state index in [0.29, 0.717) is 6.54 Å². The van der Waals surface area contributed by atoms with Crippen molar-refractivity contribution in [3.63, 3.8) is 0 Å². The molecule has 0 bridgehead atoms. The van der Waals surface area contributed by atoms with Crippen LogP contribution >= 0.6 is 34.9 Å². The van der Waals surface area contributed by atoms with Gasteiger partial charge in [0, 0.05) is 29.1 Å². The second-order valence-corrected chi connectivity index (χ2v) is 9.05. The van der Waals surface area contributed by atoms with E-state index in [9.17, 15) is 13.2 Å². The van der Waals surface area contributed by atoms with Crippen LogP contribution in [0.15, 0.2) is 16.3 Å². The highest BCUT2D eigenvalue weighted by atomic mass is 32.2. The standard InChI is InChI=1S/C10H13NO4S4/c12-10(13)9-8(1-2-18-9)19(14,15)11-5-7-6-16-3-4-17-7/h1-2,7,11H,3-6H2,(H,12,13). The van der Waals surface area contributed by atoms with Gasteiger partial charge in [-0.2, -0.15) is 23.5 Å². The van der Waals surface area contributed by atoms with Crippen LogP contribution in [0, 0.1) is 0 Å². The van der Waals surface area contributed by atoms with E-state index in [0.717, 1.165) is 28.6 Å². The van der Waals surface area contributed by atoms with Gasteiger partial charge in [-0.05, 0) is 11.4 Å². The number of hydrogen-bond acceptors (Lipinski definition) is 6. The molecule has 0 saturated carbocycles. The van der Waals surface area contributed by atoms with Crippen molar-refractivity contribution in [2.45, 2.75) is 10.1 Å². The molecule has 2 heterocycles. The van der Waals surface area contributed by atoms with Crippen LogP contribution in [0.2, 0.25) is 0 Å². The Labute approximate surface area is 124 Å². The lowest BCUT2D eigenvalue weighted by molar-refractivity contribution is 0.0698. The third kappa shape index (κ3) is 3.88. The summed E-state index contributed by atoms with van der Waals surface area (Å²) in [4.78, 5) is 10.7. The molecule has 0 aromatic carbocycles. The summed E-state index contributed by atoms with van der Waals surface area (Å²) in [5.41, 5.74) is 0. The molecule has 1 aliphatic rings. The fourth-order valence-corrected chi connectivity index (χ4v) is 6.66. The van der Waals surface area contributed by atoms with Gasteiger partial charge >= 0.3 is 5.97 Å². The van der Waals surface area contributed by atoms with Crippen molar-refractivity contribution in [2.75, 3.05) is 23.8 Å². The predicted octanol–water partition coefficient (Wildman–Crippen LogP) is 1.57. The number of thioether (sulfide) groups is 2. The van der Waals surface area contributed by atoms with Crippen LogP contribution in [0.5, 0.6) is 0 Å². The smallest absolute Gasteiger partial charge is 0.347 e. The second kappa shape index (κ2) is 6.49. The summed E-state index contributed by atoms with van der Waals surface area (Å²) < 4.78 is 26.7. The largest absolute Gasteiger partial charge is 0.477 e. The lowest BCUT2D eigenvalue weighted by Crippen LogP contribution is -2.33. The zero-order valence-electron chi connectivity index (χ0n) is 9.87. The Morgan fingerprint density at radius 2 is 2.26 bits per heavy atom. The van der Waals surface area contributed by atoms with Gasteiger partial charge in [-0.25, -0.2) is 17.9 Å². The summed E-state index contributed by atoms with van der Waals surface area (Å²) in [5.74, 6) is 1.83. The number of hydrogen-bond donors (Lipinski definition) is 2. The number of sulfonamides is 1. The number of carboxylic acids is 1. The van der Waals surface area contributed by atoms with E-state index < -0.39 is 16.0 Å². The Bertz CT molecular complexity index is 548. The summed E-state index contributed by atoms with van der Waals surface area (Å²) in [7, 11) is -3.74. The van der Waals surface area contributed by atoms with Crippen molar-refractivity contribution in [3.8, 4) is 0 Å². The van der Waals surface area contributed by atoms with Gasteiger partial charge in [0.05, 0.1) is 0 Å². The van der Waals surface area contributed by atoms with Crippen LogP contribution in [-0.4, -0.2) is 48.5 Å². The van der Waals surface area contributed by atoms with Crippen LogP contribution in [0.3, 0.4) is 0 Å². The average Bonchev–Trinajstić information content (AvgIpc) is 2.88. The van der Waals surface area contributed by atoms with Gasteiger partial charge in [0.1, 0.15) is 9.77 Å². The molecule has 1 fully saturated rings. The van der Waals surface area contributed by atoms with Crippen LogP contribution in [-0.2, 0) is 10.0 Å². The molecule has 1 aliphatic heterocycles. The zero-order chi connectivity index (χ0) is 13.9. The Morgan fingerprint density at radius 3 is 2.89 bits per heavy atom. The van der Waals surface area contributed by atoms with Crippen LogP contribution < -0.4 is 4.72 Å². The molecule has 0 radical (unpaired) electrons. The Hall–Kier alpha value is -0.220. The van der Waals surface area contributed by atoms with E-state index in [-0.39, 0.29) is 15.0 Å². The first-order valence-corrected chi connectivity index (χ1v) is 10.1. The monoisotopic (exact) mass is 339 g/mol.